The average Bonchev–Trinajstić information content (AvgIpc) is 3.07. The highest BCUT2D eigenvalue weighted by atomic mass is 16.5. The number of imidazole rings is 1. The van der Waals surface area contributed by atoms with Gasteiger partial charge in [-0.2, -0.15) is 0 Å². The summed E-state index contributed by atoms with van der Waals surface area (Å²) in [5, 5.41) is 0. The molecule has 3 aromatic rings. The number of benzene rings is 1. The summed E-state index contributed by atoms with van der Waals surface area (Å²) in [7, 11) is 1.89. The number of para-hydroxylation sites is 2. The van der Waals surface area contributed by atoms with Crippen LogP contribution in [0.2, 0.25) is 0 Å². The molecule has 29 heavy (non-hydrogen) atoms. The van der Waals surface area contributed by atoms with Gasteiger partial charge < -0.3 is 19.1 Å². The molecule has 2 fully saturated rings. The van der Waals surface area contributed by atoms with Crippen molar-refractivity contribution in [1.82, 2.24) is 24.4 Å². The van der Waals surface area contributed by atoms with E-state index in [2.05, 4.69) is 19.9 Å². The molecule has 0 atom stereocenters. The molecule has 0 N–H and O–H groups in total. The first kappa shape index (κ1) is 17.9. The summed E-state index contributed by atoms with van der Waals surface area (Å²) in [4.78, 5) is 30.2. The molecule has 8 nitrogen and oxygen atoms in total. The topological polar surface area (TPSA) is 76.4 Å². The highest BCUT2D eigenvalue weighted by Crippen LogP contribution is 2.26. The van der Waals surface area contributed by atoms with Crippen molar-refractivity contribution < 1.29 is 9.53 Å². The molecule has 1 saturated carbocycles. The summed E-state index contributed by atoms with van der Waals surface area (Å²) < 4.78 is 7.76. The lowest BCUT2D eigenvalue weighted by Gasteiger charge is -2.35. The highest BCUT2D eigenvalue weighted by molar-refractivity contribution is 5.95. The van der Waals surface area contributed by atoms with E-state index in [0.29, 0.717) is 30.9 Å². The molecule has 0 radical (unpaired) electrons. The van der Waals surface area contributed by atoms with Gasteiger partial charge in [0.15, 0.2) is 5.82 Å². The van der Waals surface area contributed by atoms with Crippen LogP contribution in [0.1, 0.15) is 29.9 Å². The fourth-order valence-electron chi connectivity index (χ4n) is 3.84. The minimum Gasteiger partial charge on any atom is -0.474 e. The normalized spacial score (nSPS) is 17.4. The van der Waals surface area contributed by atoms with E-state index in [1.54, 1.807) is 6.33 Å². The number of piperazine rings is 1. The number of carbonyl (C=O) groups is 1. The van der Waals surface area contributed by atoms with Gasteiger partial charge in [0.25, 0.3) is 5.91 Å². The van der Waals surface area contributed by atoms with E-state index in [1.807, 2.05) is 46.8 Å². The Bertz CT molecular complexity index is 1040. The van der Waals surface area contributed by atoms with Crippen LogP contribution in [-0.2, 0) is 7.05 Å². The predicted molar refractivity (Wildman–Crippen MR) is 109 cm³/mol. The van der Waals surface area contributed by atoms with Gasteiger partial charge in [0.05, 0.1) is 11.0 Å². The lowest BCUT2D eigenvalue weighted by Crippen LogP contribution is -2.49. The third-order valence-corrected chi connectivity index (χ3v) is 5.84. The van der Waals surface area contributed by atoms with E-state index < -0.39 is 0 Å². The first-order valence-electron chi connectivity index (χ1n) is 10.1. The summed E-state index contributed by atoms with van der Waals surface area (Å²) in [6, 6.07) is 9.72. The summed E-state index contributed by atoms with van der Waals surface area (Å²) in [5.41, 5.74) is 1.81. The third kappa shape index (κ3) is 3.39. The maximum Gasteiger partial charge on any atom is 0.290 e. The molecule has 3 heterocycles. The Labute approximate surface area is 169 Å². The van der Waals surface area contributed by atoms with E-state index in [9.17, 15) is 4.79 Å². The first-order chi connectivity index (χ1) is 14.2. The predicted octanol–water partition coefficient (Wildman–Crippen LogP) is 2.26. The minimum atomic E-state index is -0.0277. The van der Waals surface area contributed by atoms with E-state index in [-0.39, 0.29) is 5.91 Å². The van der Waals surface area contributed by atoms with Crippen LogP contribution >= 0.6 is 0 Å². The summed E-state index contributed by atoms with van der Waals surface area (Å²) >= 11 is 0. The number of aromatic nitrogens is 4. The molecule has 1 saturated heterocycles. The van der Waals surface area contributed by atoms with Crippen LogP contribution < -0.4 is 9.64 Å². The van der Waals surface area contributed by atoms with Crippen molar-refractivity contribution in [2.45, 2.75) is 25.4 Å². The van der Waals surface area contributed by atoms with Crippen LogP contribution in [-0.4, -0.2) is 62.6 Å². The van der Waals surface area contributed by atoms with Gasteiger partial charge in [-0.05, 0) is 31.4 Å². The molecule has 1 aliphatic carbocycles. The molecule has 1 aliphatic heterocycles. The van der Waals surface area contributed by atoms with Gasteiger partial charge in [0.1, 0.15) is 18.2 Å². The van der Waals surface area contributed by atoms with Gasteiger partial charge in [-0.15, -0.1) is 0 Å². The quantitative estimate of drug-likeness (QED) is 0.678. The smallest absolute Gasteiger partial charge is 0.290 e. The number of anilines is 1. The summed E-state index contributed by atoms with van der Waals surface area (Å²) in [6.07, 6.45) is 5.27. The fourth-order valence-corrected chi connectivity index (χ4v) is 3.84. The van der Waals surface area contributed by atoms with Crippen molar-refractivity contribution >= 4 is 22.8 Å². The molecule has 8 heteroatoms. The van der Waals surface area contributed by atoms with Gasteiger partial charge in [0.2, 0.25) is 5.88 Å². The number of hydrogen-bond donors (Lipinski definition) is 0. The first-order valence-corrected chi connectivity index (χ1v) is 10.1. The molecule has 1 aromatic carbocycles. The lowest BCUT2D eigenvalue weighted by molar-refractivity contribution is 0.0731. The number of rotatable bonds is 4. The van der Waals surface area contributed by atoms with E-state index >= 15 is 0 Å². The van der Waals surface area contributed by atoms with Crippen LogP contribution in [0, 0.1) is 0 Å². The van der Waals surface area contributed by atoms with Gasteiger partial charge in [0, 0.05) is 39.3 Å². The molecule has 2 aliphatic rings. The van der Waals surface area contributed by atoms with Crippen molar-refractivity contribution in [3.63, 3.8) is 0 Å². The maximum atomic E-state index is 13.0. The Kier molecular flexibility index (Phi) is 4.54. The van der Waals surface area contributed by atoms with Gasteiger partial charge in [-0.3, -0.25) is 4.79 Å². The number of carbonyl (C=O) groups excluding carboxylic acids is 1. The largest absolute Gasteiger partial charge is 0.474 e. The molecular weight excluding hydrogens is 368 g/mol. The van der Waals surface area contributed by atoms with Crippen molar-refractivity contribution in [2.24, 2.45) is 7.05 Å². The summed E-state index contributed by atoms with van der Waals surface area (Å²) in [5.74, 6) is 1.94. The van der Waals surface area contributed by atoms with Gasteiger partial charge in [-0.25, -0.2) is 15.0 Å². The van der Waals surface area contributed by atoms with Crippen LogP contribution in [0.25, 0.3) is 11.0 Å². The second-order valence-electron chi connectivity index (χ2n) is 7.65. The van der Waals surface area contributed by atoms with Crippen LogP contribution in [0.3, 0.4) is 0 Å². The fraction of sp³-hybridized carbons (Fsp3) is 0.429. The Morgan fingerprint density at radius 2 is 1.90 bits per heavy atom. The van der Waals surface area contributed by atoms with Crippen molar-refractivity contribution in [3.8, 4) is 5.88 Å². The van der Waals surface area contributed by atoms with E-state index in [4.69, 9.17) is 4.74 Å². The van der Waals surface area contributed by atoms with Crippen molar-refractivity contribution in [3.05, 3.63) is 42.5 Å². The molecule has 150 valence electrons. The van der Waals surface area contributed by atoms with E-state index in [1.165, 1.54) is 6.42 Å². The zero-order valence-corrected chi connectivity index (χ0v) is 16.5. The molecular formula is C21H24N6O2. The second kappa shape index (κ2) is 7.35. The number of fused-ring (bicyclic) bond motifs is 1. The zero-order valence-electron chi connectivity index (χ0n) is 16.5. The molecule has 2 aromatic heterocycles. The molecule has 1 amide bonds. The number of amides is 1. The van der Waals surface area contributed by atoms with E-state index in [0.717, 1.165) is 42.8 Å². The number of hydrogen-bond acceptors (Lipinski definition) is 6. The average molecular weight is 392 g/mol. The highest BCUT2D eigenvalue weighted by Gasteiger charge is 2.27. The Balaban J connectivity index is 1.26. The maximum absolute atomic E-state index is 13.0. The van der Waals surface area contributed by atoms with Crippen LogP contribution in [0.4, 0.5) is 5.82 Å². The lowest BCUT2D eigenvalue weighted by atomic mass is 9.96. The van der Waals surface area contributed by atoms with Crippen molar-refractivity contribution in [2.75, 3.05) is 31.1 Å². The Hall–Kier alpha value is -3.16. The van der Waals surface area contributed by atoms with Crippen molar-refractivity contribution in [1.29, 1.82) is 0 Å². The second-order valence-corrected chi connectivity index (χ2v) is 7.65. The molecule has 5 rings (SSSR count). The van der Waals surface area contributed by atoms with Gasteiger partial charge in [-0.1, -0.05) is 12.1 Å². The van der Waals surface area contributed by atoms with Crippen LogP contribution in [0.5, 0.6) is 5.88 Å². The number of nitrogens with zero attached hydrogens (tertiary/aromatic N) is 6. The Morgan fingerprint density at radius 3 is 2.62 bits per heavy atom. The zero-order chi connectivity index (χ0) is 19.8. The molecule has 0 spiro atoms. The number of aryl methyl sites for hydroxylation is 1. The standard InChI is InChI=1S/C21H24N6O2/c1-25-17-8-3-2-7-16(17)24-20(25)21(28)27-11-9-26(10-12-27)18-13-19(23-14-22-18)29-15-5-4-6-15/h2-3,7-8,13-15H,4-6,9-12H2,1H3. The molecule has 0 bridgehead atoms. The van der Waals surface area contributed by atoms with Crippen LogP contribution in [0.15, 0.2) is 36.7 Å². The third-order valence-electron chi connectivity index (χ3n) is 5.84. The monoisotopic (exact) mass is 392 g/mol. The minimum absolute atomic E-state index is 0.0277. The SMILES string of the molecule is Cn1c(C(=O)N2CCN(c3cc(OC4CCC4)ncn3)CC2)nc2ccccc21. The molecule has 0 unspecified atom stereocenters. The number of ether oxygens (including phenoxy) is 1. The Morgan fingerprint density at radius 1 is 1.10 bits per heavy atom. The van der Waals surface area contributed by atoms with Gasteiger partial charge >= 0.3 is 0 Å². The summed E-state index contributed by atoms with van der Waals surface area (Å²) in [6.45, 7) is 2.70.